The molecular weight excluding hydrogens is 406 g/mol. The van der Waals surface area contributed by atoms with E-state index in [0.717, 1.165) is 21.3 Å². The van der Waals surface area contributed by atoms with Crippen molar-refractivity contribution in [2.45, 2.75) is 13.5 Å². The predicted molar refractivity (Wildman–Crippen MR) is 117 cm³/mol. The van der Waals surface area contributed by atoms with Crippen LogP contribution in [0.15, 0.2) is 60.9 Å². The number of fused-ring (bicyclic) bond motifs is 1. The predicted octanol–water partition coefficient (Wildman–Crippen LogP) is 5.51. The first-order valence-electron chi connectivity index (χ1n) is 8.97. The number of carbonyl (C=O) groups is 1. The number of benzene rings is 2. The van der Waals surface area contributed by atoms with Gasteiger partial charge in [0, 0.05) is 23.0 Å². The van der Waals surface area contributed by atoms with Gasteiger partial charge in [-0.3, -0.25) is 14.7 Å². The van der Waals surface area contributed by atoms with Gasteiger partial charge in [0.25, 0.3) is 5.91 Å². The summed E-state index contributed by atoms with van der Waals surface area (Å²) in [5.74, 6) is 0.537. The van der Waals surface area contributed by atoms with Crippen LogP contribution < -0.4 is 9.64 Å². The molecule has 0 saturated heterocycles. The van der Waals surface area contributed by atoms with Gasteiger partial charge in [-0.2, -0.15) is 0 Å². The zero-order valence-electron chi connectivity index (χ0n) is 15.9. The normalized spacial score (nSPS) is 10.9. The van der Waals surface area contributed by atoms with Crippen molar-refractivity contribution >= 4 is 44.2 Å². The number of hydrogen-bond acceptors (Lipinski definition) is 5. The lowest BCUT2D eigenvalue weighted by Gasteiger charge is -2.20. The fraction of sp³-hybridized carbons (Fsp3) is 0.136. The van der Waals surface area contributed by atoms with E-state index in [0.29, 0.717) is 28.0 Å². The van der Waals surface area contributed by atoms with E-state index in [4.69, 9.17) is 21.3 Å². The number of rotatable bonds is 5. The van der Waals surface area contributed by atoms with Gasteiger partial charge in [-0.05, 0) is 54.4 Å². The lowest BCUT2D eigenvalue weighted by molar-refractivity contribution is 0.0985. The van der Waals surface area contributed by atoms with Crippen LogP contribution in [-0.2, 0) is 6.54 Å². The first-order valence-corrected chi connectivity index (χ1v) is 10.2. The average molecular weight is 424 g/mol. The first kappa shape index (κ1) is 19.4. The second kappa shape index (κ2) is 8.19. The molecule has 0 aliphatic carbocycles. The Hall–Kier alpha value is -2.96. The van der Waals surface area contributed by atoms with Crippen LogP contribution in [0.25, 0.3) is 10.2 Å². The highest BCUT2D eigenvalue weighted by Crippen LogP contribution is 2.37. The number of anilines is 1. The minimum absolute atomic E-state index is 0.152. The fourth-order valence-corrected chi connectivity index (χ4v) is 4.20. The van der Waals surface area contributed by atoms with Crippen LogP contribution >= 0.6 is 22.9 Å². The van der Waals surface area contributed by atoms with E-state index >= 15 is 0 Å². The first-order chi connectivity index (χ1) is 14.1. The van der Waals surface area contributed by atoms with Crippen molar-refractivity contribution in [1.29, 1.82) is 0 Å². The Balaban J connectivity index is 1.81. The zero-order valence-corrected chi connectivity index (χ0v) is 17.5. The number of carbonyl (C=O) groups excluding carboxylic acids is 1. The molecule has 0 aliphatic heterocycles. The third-order valence-corrected chi connectivity index (χ3v) is 6.01. The molecule has 2 aromatic heterocycles. The molecule has 4 rings (SSSR count). The monoisotopic (exact) mass is 423 g/mol. The highest BCUT2D eigenvalue weighted by molar-refractivity contribution is 7.22. The fourth-order valence-electron chi connectivity index (χ4n) is 3.03. The smallest absolute Gasteiger partial charge is 0.260 e. The Kier molecular flexibility index (Phi) is 5.47. The van der Waals surface area contributed by atoms with Gasteiger partial charge in [-0.15, -0.1) is 0 Å². The van der Waals surface area contributed by atoms with E-state index in [1.54, 1.807) is 48.7 Å². The van der Waals surface area contributed by atoms with Crippen molar-refractivity contribution < 1.29 is 9.53 Å². The molecule has 0 atom stereocenters. The number of pyridine rings is 1. The topological polar surface area (TPSA) is 55.3 Å². The summed E-state index contributed by atoms with van der Waals surface area (Å²) in [6.07, 6.45) is 3.46. The van der Waals surface area contributed by atoms with Crippen molar-refractivity contribution in [1.82, 2.24) is 9.97 Å². The molecule has 0 radical (unpaired) electrons. The summed E-state index contributed by atoms with van der Waals surface area (Å²) in [5.41, 5.74) is 3.30. The Bertz CT molecular complexity index is 1160. The molecule has 146 valence electrons. The average Bonchev–Trinajstić information content (AvgIpc) is 3.19. The molecule has 0 spiro atoms. The van der Waals surface area contributed by atoms with Crippen LogP contribution in [0.2, 0.25) is 5.02 Å². The summed E-state index contributed by atoms with van der Waals surface area (Å²) >= 11 is 7.46. The van der Waals surface area contributed by atoms with Crippen LogP contribution in [0, 0.1) is 6.92 Å². The van der Waals surface area contributed by atoms with Crippen LogP contribution in [0.4, 0.5) is 5.13 Å². The van der Waals surface area contributed by atoms with Gasteiger partial charge in [-0.25, -0.2) is 4.98 Å². The highest BCUT2D eigenvalue weighted by atomic mass is 35.5. The number of aryl methyl sites for hydroxylation is 1. The number of ether oxygens (including phenoxy) is 1. The third-order valence-electron chi connectivity index (χ3n) is 4.54. The molecule has 7 heteroatoms. The van der Waals surface area contributed by atoms with Crippen LogP contribution in [0.5, 0.6) is 5.75 Å². The molecule has 29 heavy (non-hydrogen) atoms. The van der Waals surface area contributed by atoms with E-state index < -0.39 is 0 Å². The molecule has 1 amide bonds. The second-order valence-electron chi connectivity index (χ2n) is 6.52. The maximum Gasteiger partial charge on any atom is 0.260 e. The Labute approximate surface area is 177 Å². The number of aromatic nitrogens is 2. The maximum atomic E-state index is 13.4. The molecule has 0 N–H and O–H groups in total. The molecule has 2 heterocycles. The summed E-state index contributed by atoms with van der Waals surface area (Å²) in [7, 11) is 1.62. The van der Waals surface area contributed by atoms with Crippen molar-refractivity contribution in [2.24, 2.45) is 0 Å². The van der Waals surface area contributed by atoms with E-state index in [1.807, 2.05) is 31.2 Å². The van der Waals surface area contributed by atoms with Crippen molar-refractivity contribution in [3.05, 3.63) is 82.6 Å². The zero-order chi connectivity index (χ0) is 20.4. The molecular formula is C22H18ClN3O2S. The molecule has 0 unspecified atom stereocenters. The number of nitrogens with zero attached hydrogens (tertiary/aromatic N) is 3. The van der Waals surface area contributed by atoms with E-state index in [1.165, 1.54) is 11.3 Å². The number of halogens is 1. The minimum atomic E-state index is -0.152. The number of methoxy groups -OCH3 is 1. The van der Waals surface area contributed by atoms with Gasteiger partial charge in [0.1, 0.15) is 11.3 Å². The van der Waals surface area contributed by atoms with Gasteiger partial charge >= 0.3 is 0 Å². The Morgan fingerprint density at radius 2 is 1.97 bits per heavy atom. The summed E-state index contributed by atoms with van der Waals surface area (Å²) < 4.78 is 6.47. The van der Waals surface area contributed by atoms with Gasteiger partial charge in [0.2, 0.25) is 0 Å². The van der Waals surface area contributed by atoms with E-state index in [-0.39, 0.29) is 5.91 Å². The third kappa shape index (κ3) is 3.95. The van der Waals surface area contributed by atoms with Crippen molar-refractivity contribution in [3.63, 3.8) is 0 Å². The van der Waals surface area contributed by atoms with Gasteiger partial charge in [0.05, 0.1) is 18.4 Å². The summed E-state index contributed by atoms with van der Waals surface area (Å²) in [4.78, 5) is 24.0. The molecule has 0 saturated carbocycles. The molecule has 0 bridgehead atoms. The van der Waals surface area contributed by atoms with Crippen LogP contribution in [0.1, 0.15) is 21.5 Å². The second-order valence-corrected chi connectivity index (χ2v) is 7.93. The van der Waals surface area contributed by atoms with Crippen LogP contribution in [-0.4, -0.2) is 23.0 Å². The summed E-state index contributed by atoms with van der Waals surface area (Å²) in [6.45, 7) is 2.38. The van der Waals surface area contributed by atoms with E-state index in [9.17, 15) is 4.79 Å². The van der Waals surface area contributed by atoms with Gasteiger partial charge < -0.3 is 4.74 Å². The van der Waals surface area contributed by atoms with Crippen molar-refractivity contribution in [2.75, 3.05) is 12.0 Å². The lowest BCUT2D eigenvalue weighted by Crippen LogP contribution is -2.30. The SMILES string of the molecule is COc1ccc(C)c2sc(N(Cc3cccnc3)C(=O)c3ccc(Cl)cc3)nc12. The van der Waals surface area contributed by atoms with Crippen molar-refractivity contribution in [3.8, 4) is 5.75 Å². The standard InChI is InChI=1S/C22H18ClN3O2S/c1-14-5-10-18(28-2)19-20(14)29-22(25-19)26(13-15-4-3-11-24-12-15)21(27)16-6-8-17(23)9-7-16/h3-12H,13H2,1-2H3. The largest absolute Gasteiger partial charge is 0.494 e. The van der Waals surface area contributed by atoms with Crippen LogP contribution in [0.3, 0.4) is 0 Å². The molecule has 0 aliphatic rings. The quantitative estimate of drug-likeness (QED) is 0.424. The molecule has 4 aromatic rings. The molecule has 2 aromatic carbocycles. The number of amides is 1. The Morgan fingerprint density at radius 1 is 1.17 bits per heavy atom. The molecule has 5 nitrogen and oxygen atoms in total. The number of hydrogen-bond donors (Lipinski definition) is 0. The maximum absolute atomic E-state index is 13.4. The summed E-state index contributed by atoms with van der Waals surface area (Å²) in [6, 6.07) is 14.6. The highest BCUT2D eigenvalue weighted by Gasteiger charge is 2.23. The lowest BCUT2D eigenvalue weighted by atomic mass is 10.2. The molecule has 0 fully saturated rings. The number of thiazole rings is 1. The van der Waals surface area contributed by atoms with Gasteiger partial charge in [0.15, 0.2) is 5.13 Å². The van der Waals surface area contributed by atoms with Gasteiger partial charge in [-0.1, -0.05) is 35.1 Å². The Morgan fingerprint density at radius 3 is 2.66 bits per heavy atom. The summed E-state index contributed by atoms with van der Waals surface area (Å²) in [5, 5.41) is 1.19. The minimum Gasteiger partial charge on any atom is -0.494 e. The van der Waals surface area contributed by atoms with E-state index in [2.05, 4.69) is 4.98 Å².